The molecule has 0 aromatic carbocycles. The van der Waals surface area contributed by atoms with E-state index < -0.39 is 0 Å². The number of hydrogen-bond acceptors (Lipinski definition) is 5. The van der Waals surface area contributed by atoms with Crippen LogP contribution in [0.4, 0.5) is 0 Å². The molecule has 0 amide bonds. The molecule has 0 fully saturated rings. The number of nitrogens with zero attached hydrogens (tertiary/aromatic N) is 5. The fourth-order valence-electron chi connectivity index (χ4n) is 2.67. The molecule has 4 aromatic heterocycles. The Kier molecular flexibility index (Phi) is 3.39. The number of halogens is 1. The van der Waals surface area contributed by atoms with Crippen molar-refractivity contribution in [1.29, 1.82) is 0 Å². The monoisotopic (exact) mass is 345 g/mol. The Bertz CT molecular complexity index is 1070. The first-order chi connectivity index (χ1) is 11.2. The number of thiazole rings is 1. The standard InChI is InChI=1S/C15H12ClN5OS/c1-20-12-10(13-14(20)19-11(5-16)23-13)7-18-21(15(12)22)8-9-3-2-4-17-6-9/h2-4,6-7H,5,8H2,1H3. The topological polar surface area (TPSA) is 65.6 Å². The molecule has 0 aliphatic heterocycles. The van der Waals surface area contributed by atoms with Gasteiger partial charge in [0.05, 0.1) is 23.3 Å². The third-order valence-corrected chi connectivity index (χ3v) is 5.23. The number of aromatic nitrogens is 5. The van der Waals surface area contributed by atoms with Crippen molar-refractivity contribution in [1.82, 2.24) is 24.3 Å². The highest BCUT2D eigenvalue weighted by Crippen LogP contribution is 2.31. The van der Waals surface area contributed by atoms with Gasteiger partial charge < -0.3 is 4.57 Å². The molecule has 0 unspecified atom stereocenters. The van der Waals surface area contributed by atoms with Crippen molar-refractivity contribution in [2.45, 2.75) is 12.4 Å². The molecule has 4 heterocycles. The first kappa shape index (κ1) is 14.3. The highest BCUT2D eigenvalue weighted by atomic mass is 35.5. The van der Waals surface area contributed by atoms with Gasteiger partial charge in [0.2, 0.25) is 0 Å². The number of fused-ring (bicyclic) bond motifs is 3. The molecule has 8 heteroatoms. The second kappa shape index (κ2) is 5.43. The molecule has 4 rings (SSSR count). The molecule has 116 valence electrons. The second-order valence-electron chi connectivity index (χ2n) is 5.18. The van der Waals surface area contributed by atoms with E-state index in [1.165, 1.54) is 16.0 Å². The quantitative estimate of drug-likeness (QED) is 0.535. The van der Waals surface area contributed by atoms with Crippen molar-refractivity contribution in [3.05, 3.63) is 51.6 Å². The summed E-state index contributed by atoms with van der Waals surface area (Å²) in [7, 11) is 1.85. The minimum atomic E-state index is -0.133. The van der Waals surface area contributed by atoms with Gasteiger partial charge in [-0.25, -0.2) is 9.67 Å². The molecule has 0 saturated heterocycles. The van der Waals surface area contributed by atoms with E-state index in [1.807, 2.05) is 23.7 Å². The number of hydrogen-bond donors (Lipinski definition) is 0. The lowest BCUT2D eigenvalue weighted by atomic mass is 10.3. The van der Waals surface area contributed by atoms with Gasteiger partial charge in [0.1, 0.15) is 10.5 Å². The Balaban J connectivity index is 1.91. The molecule has 4 aromatic rings. The minimum Gasteiger partial charge on any atom is -0.323 e. The Hall–Kier alpha value is -2.25. The van der Waals surface area contributed by atoms with Crippen molar-refractivity contribution >= 4 is 44.2 Å². The summed E-state index contributed by atoms with van der Waals surface area (Å²) in [6, 6.07) is 3.76. The number of rotatable bonds is 3. The van der Waals surface area contributed by atoms with Crippen LogP contribution in [0.5, 0.6) is 0 Å². The molecule has 0 spiro atoms. The van der Waals surface area contributed by atoms with Crippen molar-refractivity contribution in [2.75, 3.05) is 0 Å². The van der Waals surface area contributed by atoms with Crippen molar-refractivity contribution in [3.8, 4) is 0 Å². The van der Waals surface area contributed by atoms with Crippen LogP contribution >= 0.6 is 22.9 Å². The van der Waals surface area contributed by atoms with E-state index in [0.717, 1.165) is 26.3 Å². The van der Waals surface area contributed by atoms with Crippen LogP contribution in [-0.2, 0) is 19.5 Å². The maximum absolute atomic E-state index is 12.8. The average molecular weight is 346 g/mol. The normalized spacial score (nSPS) is 11.6. The van der Waals surface area contributed by atoms with Gasteiger partial charge in [-0.1, -0.05) is 6.07 Å². The van der Waals surface area contributed by atoms with Crippen LogP contribution in [0.3, 0.4) is 0 Å². The van der Waals surface area contributed by atoms with E-state index >= 15 is 0 Å². The van der Waals surface area contributed by atoms with Crippen LogP contribution in [0.2, 0.25) is 0 Å². The molecule has 0 radical (unpaired) electrons. The summed E-state index contributed by atoms with van der Waals surface area (Å²) in [5.74, 6) is 0.367. The van der Waals surface area contributed by atoms with E-state index in [2.05, 4.69) is 15.1 Å². The van der Waals surface area contributed by atoms with Crippen LogP contribution in [0.1, 0.15) is 10.6 Å². The minimum absolute atomic E-state index is 0.133. The van der Waals surface area contributed by atoms with E-state index in [0.29, 0.717) is 17.9 Å². The largest absolute Gasteiger partial charge is 0.323 e. The number of alkyl halides is 1. The zero-order valence-corrected chi connectivity index (χ0v) is 13.8. The fraction of sp³-hybridized carbons (Fsp3) is 0.200. The highest BCUT2D eigenvalue weighted by Gasteiger charge is 2.17. The summed E-state index contributed by atoms with van der Waals surface area (Å²) < 4.78 is 4.23. The third kappa shape index (κ3) is 2.24. The summed E-state index contributed by atoms with van der Waals surface area (Å²) in [5.41, 5.74) is 2.18. The van der Waals surface area contributed by atoms with Gasteiger partial charge in [-0.15, -0.1) is 22.9 Å². The molecular weight excluding hydrogens is 334 g/mol. The van der Waals surface area contributed by atoms with Crippen LogP contribution in [-0.4, -0.2) is 24.3 Å². The van der Waals surface area contributed by atoms with Gasteiger partial charge in [0.25, 0.3) is 5.56 Å². The first-order valence-corrected chi connectivity index (χ1v) is 8.33. The van der Waals surface area contributed by atoms with Gasteiger partial charge in [0.15, 0.2) is 5.65 Å². The average Bonchev–Trinajstić information content (AvgIpc) is 3.10. The molecule has 23 heavy (non-hydrogen) atoms. The van der Waals surface area contributed by atoms with Gasteiger partial charge in [-0.3, -0.25) is 9.78 Å². The van der Waals surface area contributed by atoms with Crippen LogP contribution in [0, 0.1) is 0 Å². The second-order valence-corrected chi connectivity index (χ2v) is 6.53. The van der Waals surface area contributed by atoms with Gasteiger partial charge >= 0.3 is 0 Å². The predicted molar refractivity (Wildman–Crippen MR) is 91.0 cm³/mol. The Morgan fingerprint density at radius 2 is 2.22 bits per heavy atom. The summed E-state index contributed by atoms with van der Waals surface area (Å²) in [4.78, 5) is 21.3. The smallest absolute Gasteiger partial charge is 0.291 e. The van der Waals surface area contributed by atoms with Crippen molar-refractivity contribution in [2.24, 2.45) is 7.05 Å². The van der Waals surface area contributed by atoms with Crippen molar-refractivity contribution < 1.29 is 0 Å². The highest BCUT2D eigenvalue weighted by molar-refractivity contribution is 7.19. The molecule has 0 bridgehead atoms. The molecular formula is C15H12ClN5OS. The Labute approximate surface area is 140 Å². The Morgan fingerprint density at radius 3 is 2.96 bits per heavy atom. The summed E-state index contributed by atoms with van der Waals surface area (Å²) in [6.45, 7) is 0.391. The SMILES string of the molecule is Cn1c2nc(CCl)sc2c2cnn(Cc3cccnc3)c(=O)c21. The molecule has 0 N–H and O–H groups in total. The van der Waals surface area contributed by atoms with Crippen LogP contribution in [0.25, 0.3) is 21.3 Å². The summed E-state index contributed by atoms with van der Waals surface area (Å²) >= 11 is 7.36. The molecule has 0 aliphatic rings. The molecule has 0 aliphatic carbocycles. The lowest BCUT2D eigenvalue weighted by Gasteiger charge is -2.05. The van der Waals surface area contributed by atoms with E-state index in [-0.39, 0.29) is 5.56 Å². The van der Waals surface area contributed by atoms with Crippen LogP contribution in [0.15, 0.2) is 35.5 Å². The molecule has 0 atom stereocenters. The summed E-state index contributed by atoms with van der Waals surface area (Å²) in [6.07, 6.45) is 5.16. The number of pyridine rings is 1. The third-order valence-electron chi connectivity index (χ3n) is 3.74. The lowest BCUT2D eigenvalue weighted by Crippen LogP contribution is -2.24. The maximum atomic E-state index is 12.8. The van der Waals surface area contributed by atoms with E-state index in [1.54, 1.807) is 18.6 Å². The van der Waals surface area contributed by atoms with Gasteiger partial charge in [-0.05, 0) is 11.6 Å². The van der Waals surface area contributed by atoms with Gasteiger partial charge in [0, 0.05) is 24.8 Å². The lowest BCUT2D eigenvalue weighted by molar-refractivity contribution is 0.642. The Morgan fingerprint density at radius 1 is 1.35 bits per heavy atom. The predicted octanol–water partition coefficient (Wildman–Crippen LogP) is 2.53. The summed E-state index contributed by atoms with van der Waals surface area (Å²) in [5, 5.41) is 5.97. The molecule has 0 saturated carbocycles. The van der Waals surface area contributed by atoms with Crippen LogP contribution < -0.4 is 5.56 Å². The molecule has 6 nitrogen and oxygen atoms in total. The first-order valence-electron chi connectivity index (χ1n) is 6.98. The fourth-order valence-corrected chi connectivity index (χ4v) is 3.85. The van der Waals surface area contributed by atoms with Crippen molar-refractivity contribution in [3.63, 3.8) is 0 Å². The van der Waals surface area contributed by atoms with Gasteiger partial charge in [-0.2, -0.15) is 5.10 Å². The zero-order valence-electron chi connectivity index (χ0n) is 12.2. The zero-order chi connectivity index (χ0) is 16.0. The number of aryl methyl sites for hydroxylation is 1. The van der Waals surface area contributed by atoms with E-state index in [9.17, 15) is 4.79 Å². The maximum Gasteiger partial charge on any atom is 0.291 e. The van der Waals surface area contributed by atoms with E-state index in [4.69, 9.17) is 11.6 Å².